The molecule has 2 aromatic carbocycles. The number of aromatic nitrogens is 3. The smallest absolute Gasteiger partial charge is 0.259 e. The summed E-state index contributed by atoms with van der Waals surface area (Å²) >= 11 is 0. The van der Waals surface area contributed by atoms with E-state index in [9.17, 15) is 4.79 Å². The summed E-state index contributed by atoms with van der Waals surface area (Å²) in [5.74, 6) is 0.651. The number of rotatable bonds is 2. The van der Waals surface area contributed by atoms with Gasteiger partial charge in [-0.1, -0.05) is 60.7 Å². The zero-order valence-corrected chi connectivity index (χ0v) is 13.6. The molecule has 4 aromatic rings. The van der Waals surface area contributed by atoms with Gasteiger partial charge in [0.2, 0.25) is 5.78 Å². The van der Waals surface area contributed by atoms with Gasteiger partial charge in [-0.2, -0.15) is 0 Å². The van der Waals surface area contributed by atoms with E-state index in [0.717, 1.165) is 28.2 Å². The zero-order chi connectivity index (χ0) is 16.7. The molecule has 2 aromatic heterocycles. The van der Waals surface area contributed by atoms with E-state index < -0.39 is 0 Å². The minimum atomic E-state index is -0.0610. The van der Waals surface area contributed by atoms with Crippen LogP contribution in [0.2, 0.25) is 0 Å². The Morgan fingerprint density at radius 2 is 1.46 bits per heavy atom. The van der Waals surface area contributed by atoms with Crippen LogP contribution in [0.15, 0.2) is 71.5 Å². The fourth-order valence-electron chi connectivity index (χ4n) is 3.00. The minimum absolute atomic E-state index is 0.0610. The van der Waals surface area contributed by atoms with E-state index in [-0.39, 0.29) is 5.56 Å². The van der Waals surface area contributed by atoms with E-state index in [0.29, 0.717) is 5.78 Å². The van der Waals surface area contributed by atoms with Crippen LogP contribution in [0.1, 0.15) is 5.69 Å². The van der Waals surface area contributed by atoms with Crippen molar-refractivity contribution in [2.75, 3.05) is 0 Å². The lowest BCUT2D eigenvalue weighted by Gasteiger charge is -2.07. The lowest BCUT2D eigenvalue weighted by atomic mass is 10.1. The molecule has 0 amide bonds. The van der Waals surface area contributed by atoms with Gasteiger partial charge in [0, 0.05) is 29.9 Å². The van der Waals surface area contributed by atoms with E-state index in [4.69, 9.17) is 4.98 Å². The fourth-order valence-corrected chi connectivity index (χ4v) is 3.00. The third kappa shape index (κ3) is 2.15. The lowest BCUT2D eigenvalue weighted by molar-refractivity contribution is 0.830. The molecule has 0 saturated heterocycles. The number of fused-ring (bicyclic) bond motifs is 1. The summed E-state index contributed by atoms with van der Waals surface area (Å²) in [7, 11) is 1.93. The number of imidazole rings is 1. The second-order valence-corrected chi connectivity index (χ2v) is 5.86. The maximum Gasteiger partial charge on any atom is 0.259 e. The van der Waals surface area contributed by atoms with Crippen molar-refractivity contribution in [2.45, 2.75) is 6.92 Å². The van der Waals surface area contributed by atoms with Crippen molar-refractivity contribution in [1.82, 2.24) is 14.0 Å². The summed E-state index contributed by atoms with van der Waals surface area (Å²) in [5.41, 5.74) is 4.45. The molecule has 4 nitrogen and oxygen atoms in total. The molecule has 0 atom stereocenters. The van der Waals surface area contributed by atoms with Crippen LogP contribution in [0, 0.1) is 6.92 Å². The lowest BCUT2D eigenvalue weighted by Crippen LogP contribution is -2.18. The Morgan fingerprint density at radius 1 is 0.875 bits per heavy atom. The van der Waals surface area contributed by atoms with Crippen molar-refractivity contribution < 1.29 is 0 Å². The molecule has 24 heavy (non-hydrogen) atoms. The zero-order valence-electron chi connectivity index (χ0n) is 13.6. The Hall–Kier alpha value is -3.14. The Kier molecular flexibility index (Phi) is 3.31. The standard InChI is InChI=1S/C20H17N3O/c1-14-13-17(24)23-19(16-11-7-4-8-12-16)18(21-20(23)22(14)2)15-9-5-3-6-10-15/h3-13H,1-2H3. The molecule has 0 bridgehead atoms. The number of hydrogen-bond acceptors (Lipinski definition) is 2. The average molecular weight is 315 g/mol. The number of nitrogens with zero attached hydrogens (tertiary/aromatic N) is 3. The quantitative estimate of drug-likeness (QED) is 0.566. The normalized spacial score (nSPS) is 11.1. The van der Waals surface area contributed by atoms with Crippen LogP contribution in [0.4, 0.5) is 0 Å². The van der Waals surface area contributed by atoms with Crippen LogP contribution >= 0.6 is 0 Å². The fraction of sp³-hybridized carbons (Fsp3) is 0.100. The molecule has 0 N–H and O–H groups in total. The van der Waals surface area contributed by atoms with Gasteiger partial charge in [-0.15, -0.1) is 0 Å². The molecular weight excluding hydrogens is 298 g/mol. The van der Waals surface area contributed by atoms with Crippen LogP contribution in [0.3, 0.4) is 0 Å². The second kappa shape index (κ2) is 5.49. The molecular formula is C20H17N3O. The summed E-state index contributed by atoms with van der Waals surface area (Å²) in [5, 5.41) is 0. The van der Waals surface area contributed by atoms with Crippen molar-refractivity contribution in [3.05, 3.63) is 82.8 Å². The average Bonchev–Trinajstić information content (AvgIpc) is 3.02. The van der Waals surface area contributed by atoms with Crippen molar-refractivity contribution in [3.63, 3.8) is 0 Å². The highest BCUT2D eigenvalue weighted by atomic mass is 16.1. The van der Waals surface area contributed by atoms with Crippen LogP contribution in [0.5, 0.6) is 0 Å². The van der Waals surface area contributed by atoms with Crippen LogP contribution < -0.4 is 5.56 Å². The highest BCUT2D eigenvalue weighted by molar-refractivity contribution is 5.81. The highest BCUT2D eigenvalue weighted by Crippen LogP contribution is 2.31. The topological polar surface area (TPSA) is 39.3 Å². The monoisotopic (exact) mass is 315 g/mol. The van der Waals surface area contributed by atoms with Crippen molar-refractivity contribution in [3.8, 4) is 22.5 Å². The predicted molar refractivity (Wildman–Crippen MR) is 96.0 cm³/mol. The molecule has 118 valence electrons. The first-order valence-corrected chi connectivity index (χ1v) is 7.87. The summed E-state index contributed by atoms with van der Waals surface area (Å²) in [6, 6.07) is 21.6. The molecule has 4 heteroatoms. The summed E-state index contributed by atoms with van der Waals surface area (Å²) in [6.07, 6.45) is 0. The third-order valence-electron chi connectivity index (χ3n) is 4.34. The van der Waals surface area contributed by atoms with Crippen molar-refractivity contribution in [1.29, 1.82) is 0 Å². The molecule has 2 heterocycles. The Morgan fingerprint density at radius 3 is 2.08 bits per heavy atom. The summed E-state index contributed by atoms with van der Waals surface area (Å²) in [6.45, 7) is 1.92. The van der Waals surface area contributed by atoms with Gasteiger partial charge in [0.15, 0.2) is 0 Å². The molecule has 0 fully saturated rings. The second-order valence-electron chi connectivity index (χ2n) is 5.86. The Labute approximate surface area is 139 Å². The molecule has 0 radical (unpaired) electrons. The van der Waals surface area contributed by atoms with Crippen LogP contribution in [-0.2, 0) is 7.05 Å². The Bertz CT molecular complexity index is 1080. The first-order chi connectivity index (χ1) is 11.7. The maximum absolute atomic E-state index is 12.7. The number of aryl methyl sites for hydroxylation is 2. The van der Waals surface area contributed by atoms with E-state index in [2.05, 4.69) is 0 Å². The third-order valence-corrected chi connectivity index (χ3v) is 4.34. The maximum atomic E-state index is 12.7. The van der Waals surface area contributed by atoms with Crippen molar-refractivity contribution in [2.24, 2.45) is 7.05 Å². The Balaban J connectivity index is 2.18. The van der Waals surface area contributed by atoms with Gasteiger partial charge in [-0.3, -0.25) is 4.79 Å². The SMILES string of the molecule is Cc1cc(=O)n2c(-c3ccccc3)c(-c3ccccc3)nc2n1C. The molecule has 0 aliphatic rings. The molecule has 0 aliphatic carbocycles. The predicted octanol–water partition coefficient (Wildman–Crippen LogP) is 3.68. The molecule has 4 rings (SSSR count). The number of hydrogen-bond donors (Lipinski definition) is 0. The first-order valence-electron chi connectivity index (χ1n) is 7.87. The van der Waals surface area contributed by atoms with Gasteiger partial charge in [0.25, 0.3) is 5.56 Å². The van der Waals surface area contributed by atoms with E-state index in [1.54, 1.807) is 10.5 Å². The van der Waals surface area contributed by atoms with Gasteiger partial charge in [-0.25, -0.2) is 9.38 Å². The van der Waals surface area contributed by atoms with E-state index in [1.165, 1.54) is 0 Å². The molecule has 0 aliphatic heterocycles. The van der Waals surface area contributed by atoms with Gasteiger partial charge < -0.3 is 4.57 Å². The van der Waals surface area contributed by atoms with E-state index in [1.807, 2.05) is 79.2 Å². The van der Waals surface area contributed by atoms with Crippen LogP contribution in [0.25, 0.3) is 28.3 Å². The number of benzene rings is 2. The van der Waals surface area contributed by atoms with Crippen molar-refractivity contribution >= 4 is 5.78 Å². The van der Waals surface area contributed by atoms with Gasteiger partial charge in [0.05, 0.1) is 11.4 Å². The molecule has 0 spiro atoms. The minimum Gasteiger partial charge on any atom is -0.319 e. The van der Waals surface area contributed by atoms with Gasteiger partial charge in [0.1, 0.15) is 0 Å². The summed E-state index contributed by atoms with van der Waals surface area (Å²) in [4.78, 5) is 17.5. The van der Waals surface area contributed by atoms with Gasteiger partial charge in [-0.05, 0) is 6.92 Å². The first kappa shape index (κ1) is 14.5. The van der Waals surface area contributed by atoms with E-state index >= 15 is 0 Å². The van der Waals surface area contributed by atoms with Crippen LogP contribution in [-0.4, -0.2) is 14.0 Å². The largest absolute Gasteiger partial charge is 0.319 e. The highest BCUT2D eigenvalue weighted by Gasteiger charge is 2.19. The summed E-state index contributed by atoms with van der Waals surface area (Å²) < 4.78 is 3.64. The molecule has 0 unspecified atom stereocenters. The molecule has 0 saturated carbocycles. The van der Waals surface area contributed by atoms with Gasteiger partial charge >= 0.3 is 0 Å².